The first-order valence-corrected chi connectivity index (χ1v) is 13.3. The molecule has 0 unspecified atom stereocenters. The Morgan fingerprint density at radius 3 is 1.85 bits per heavy atom. The smallest absolute Gasteiger partial charge is 0.183 e. The number of pyridine rings is 3. The van der Waals surface area contributed by atoms with E-state index in [2.05, 4.69) is 64.6 Å². The molecular weight excluding hydrogens is 500 g/mol. The lowest BCUT2D eigenvalue weighted by molar-refractivity contribution is 1.06. The molecule has 182 valence electrons. The fraction of sp³-hybridized carbons (Fsp3) is 0. The van der Waals surface area contributed by atoms with E-state index in [9.17, 15) is 0 Å². The highest BCUT2D eigenvalue weighted by Crippen LogP contribution is 2.43. The van der Waals surface area contributed by atoms with Gasteiger partial charge in [-0.1, -0.05) is 42.5 Å². The maximum atomic E-state index is 5.13. The summed E-state index contributed by atoms with van der Waals surface area (Å²) in [6, 6.07) is 28.9. The molecule has 0 saturated carbocycles. The normalized spacial score (nSPS) is 11.6. The number of thiophene rings is 1. The second-order valence-electron chi connectivity index (χ2n) is 9.23. The highest BCUT2D eigenvalue weighted by atomic mass is 32.1. The zero-order valence-electron chi connectivity index (χ0n) is 20.5. The maximum Gasteiger partial charge on any atom is 0.183 e. The van der Waals surface area contributed by atoms with Crippen molar-refractivity contribution in [2.24, 2.45) is 0 Å². The first-order valence-electron chi connectivity index (χ1n) is 12.5. The van der Waals surface area contributed by atoms with Crippen LogP contribution in [-0.4, -0.2) is 29.9 Å². The van der Waals surface area contributed by atoms with Crippen LogP contribution >= 0.6 is 11.3 Å². The zero-order valence-corrected chi connectivity index (χ0v) is 21.3. The summed E-state index contributed by atoms with van der Waals surface area (Å²) in [5.41, 5.74) is 3.23. The van der Waals surface area contributed by atoms with Crippen LogP contribution in [0.2, 0.25) is 0 Å². The van der Waals surface area contributed by atoms with Crippen LogP contribution in [0.5, 0.6) is 0 Å². The van der Waals surface area contributed by atoms with E-state index in [1.807, 2.05) is 41.7 Å². The Balaban J connectivity index is 1.50. The van der Waals surface area contributed by atoms with Crippen LogP contribution < -0.4 is 0 Å². The van der Waals surface area contributed by atoms with E-state index in [4.69, 9.17) is 19.9 Å². The second-order valence-corrected chi connectivity index (χ2v) is 10.3. The molecule has 0 bridgehead atoms. The number of para-hydroxylation sites is 1. The molecule has 5 heterocycles. The molecule has 0 saturated heterocycles. The lowest BCUT2D eigenvalue weighted by Gasteiger charge is -2.12. The van der Waals surface area contributed by atoms with Crippen LogP contribution in [0, 0.1) is 0 Å². The van der Waals surface area contributed by atoms with E-state index >= 15 is 0 Å². The van der Waals surface area contributed by atoms with Gasteiger partial charge < -0.3 is 0 Å². The third kappa shape index (κ3) is 3.55. The number of hydrogen-bond acceptors (Lipinski definition) is 7. The molecule has 0 spiro atoms. The molecule has 0 aliphatic carbocycles. The molecule has 39 heavy (non-hydrogen) atoms. The number of aromatic nitrogens is 6. The van der Waals surface area contributed by atoms with Crippen molar-refractivity contribution in [3.8, 4) is 34.3 Å². The van der Waals surface area contributed by atoms with Gasteiger partial charge in [-0.3, -0.25) is 9.97 Å². The topological polar surface area (TPSA) is 77.3 Å². The fourth-order valence-electron chi connectivity index (χ4n) is 5.16. The van der Waals surface area contributed by atoms with Crippen molar-refractivity contribution < 1.29 is 0 Å². The molecule has 8 aromatic rings. The van der Waals surface area contributed by atoms with Crippen LogP contribution in [0.4, 0.5) is 0 Å². The van der Waals surface area contributed by atoms with Gasteiger partial charge in [-0.15, -0.1) is 11.3 Å². The Labute approximate surface area is 226 Å². The largest absolute Gasteiger partial charge is 0.264 e. The van der Waals surface area contributed by atoms with Gasteiger partial charge in [-0.25, -0.2) is 19.9 Å². The van der Waals surface area contributed by atoms with Crippen molar-refractivity contribution >= 4 is 53.2 Å². The summed E-state index contributed by atoms with van der Waals surface area (Å²) in [5, 5.41) is 5.76. The predicted molar refractivity (Wildman–Crippen MR) is 157 cm³/mol. The van der Waals surface area contributed by atoms with Gasteiger partial charge in [0.25, 0.3) is 0 Å². The second kappa shape index (κ2) is 8.72. The fourth-order valence-corrected chi connectivity index (χ4v) is 6.27. The van der Waals surface area contributed by atoms with Gasteiger partial charge >= 0.3 is 0 Å². The van der Waals surface area contributed by atoms with Gasteiger partial charge in [0.2, 0.25) is 0 Å². The molecule has 5 aromatic heterocycles. The zero-order chi connectivity index (χ0) is 25.8. The summed E-state index contributed by atoms with van der Waals surface area (Å²) in [7, 11) is 0. The van der Waals surface area contributed by atoms with Crippen molar-refractivity contribution in [2.45, 2.75) is 0 Å². The van der Waals surface area contributed by atoms with Gasteiger partial charge in [0.05, 0.1) is 5.52 Å². The molecular formula is C32H18N6S. The van der Waals surface area contributed by atoms with Gasteiger partial charge in [0.15, 0.2) is 17.5 Å². The molecule has 0 aliphatic rings. The highest BCUT2D eigenvalue weighted by molar-refractivity contribution is 7.26. The van der Waals surface area contributed by atoms with E-state index in [1.165, 1.54) is 20.2 Å². The first kappa shape index (κ1) is 21.9. The molecule has 3 aromatic carbocycles. The molecule has 8 rings (SSSR count). The lowest BCUT2D eigenvalue weighted by Crippen LogP contribution is -2.02. The predicted octanol–water partition coefficient (Wildman–Crippen LogP) is 7.73. The number of hydrogen-bond donors (Lipinski definition) is 0. The molecule has 0 amide bonds. The maximum absolute atomic E-state index is 5.13. The Bertz CT molecular complexity index is 2120. The number of rotatable bonds is 3. The Kier molecular flexibility index (Phi) is 4.89. The minimum atomic E-state index is 0.511. The third-order valence-electron chi connectivity index (χ3n) is 6.89. The Hall–Kier alpha value is -5.14. The van der Waals surface area contributed by atoms with Crippen molar-refractivity contribution in [1.82, 2.24) is 29.9 Å². The van der Waals surface area contributed by atoms with Gasteiger partial charge in [-0.05, 0) is 42.5 Å². The summed E-state index contributed by atoms with van der Waals surface area (Å²) < 4.78 is 2.51. The average molecular weight is 519 g/mol. The van der Waals surface area contributed by atoms with Crippen LogP contribution in [0.25, 0.3) is 76.1 Å². The van der Waals surface area contributed by atoms with Crippen molar-refractivity contribution in [1.29, 1.82) is 0 Å². The lowest BCUT2D eigenvalue weighted by atomic mass is 9.98. The number of fused-ring (bicyclic) bond motifs is 7. The summed E-state index contributed by atoms with van der Waals surface area (Å²) in [6.07, 6.45) is 7.00. The molecule has 7 heteroatoms. The van der Waals surface area contributed by atoms with Crippen LogP contribution in [0.1, 0.15) is 0 Å². The minimum absolute atomic E-state index is 0.511. The molecule has 0 atom stereocenters. The highest BCUT2D eigenvalue weighted by Gasteiger charge is 2.20. The monoisotopic (exact) mass is 518 g/mol. The van der Waals surface area contributed by atoms with Gasteiger partial charge in [-0.2, -0.15) is 0 Å². The molecule has 6 nitrogen and oxygen atoms in total. The average Bonchev–Trinajstić information content (AvgIpc) is 3.40. The summed E-state index contributed by atoms with van der Waals surface area (Å²) in [6.45, 7) is 0. The summed E-state index contributed by atoms with van der Waals surface area (Å²) in [4.78, 5) is 28.4. The number of nitrogens with zero attached hydrogens (tertiary/aromatic N) is 6. The molecule has 0 radical (unpaired) electrons. The summed E-state index contributed by atoms with van der Waals surface area (Å²) >= 11 is 1.81. The molecule has 0 aliphatic heterocycles. The standard InChI is InChI=1S/C32H18N6S/c1-3-11-24-21(9-1)27-23(13-14-26-28(27)22-10-2-4-12-25(22)39-26)29(35-24)32-37-30(19-7-5-15-33-17-19)36-31(38-32)20-8-6-16-34-18-20/h1-18H. The first-order chi connectivity index (χ1) is 19.3. The molecule has 0 fully saturated rings. The quantitative estimate of drug-likeness (QED) is 0.223. The third-order valence-corrected chi connectivity index (χ3v) is 8.03. The van der Waals surface area contributed by atoms with Crippen LogP contribution in [0.15, 0.2) is 110 Å². The SMILES string of the molecule is c1cncc(-c2nc(-c3cccnc3)nc(-c3nc4ccccc4c4c3ccc3sc5ccccc5c34)n2)c1. The van der Waals surface area contributed by atoms with Gasteiger partial charge in [0.1, 0.15) is 5.69 Å². The van der Waals surface area contributed by atoms with E-state index in [0.29, 0.717) is 17.5 Å². The Morgan fingerprint density at radius 1 is 0.462 bits per heavy atom. The number of benzene rings is 3. The summed E-state index contributed by atoms with van der Waals surface area (Å²) in [5.74, 6) is 1.59. The van der Waals surface area contributed by atoms with Gasteiger partial charge in [0, 0.05) is 72.2 Å². The van der Waals surface area contributed by atoms with Crippen molar-refractivity contribution in [2.75, 3.05) is 0 Å². The van der Waals surface area contributed by atoms with Crippen molar-refractivity contribution in [3.63, 3.8) is 0 Å². The van der Waals surface area contributed by atoms with E-state index in [0.717, 1.165) is 38.5 Å². The molecule has 0 N–H and O–H groups in total. The van der Waals surface area contributed by atoms with Crippen LogP contribution in [-0.2, 0) is 0 Å². The van der Waals surface area contributed by atoms with Crippen LogP contribution in [0.3, 0.4) is 0 Å². The van der Waals surface area contributed by atoms with E-state index in [-0.39, 0.29) is 0 Å². The Morgan fingerprint density at radius 2 is 1.13 bits per heavy atom. The van der Waals surface area contributed by atoms with E-state index in [1.54, 1.807) is 24.8 Å². The van der Waals surface area contributed by atoms with Crippen molar-refractivity contribution in [3.05, 3.63) is 110 Å². The van der Waals surface area contributed by atoms with E-state index < -0.39 is 0 Å². The minimum Gasteiger partial charge on any atom is -0.264 e.